The van der Waals surface area contributed by atoms with Gasteiger partial charge in [-0.15, -0.1) is 5.54 Å². The van der Waals surface area contributed by atoms with E-state index in [1.165, 1.54) is 77.0 Å². The minimum Gasteiger partial charge on any atom is -0.673 e. The SMILES string of the molecule is CC(C)(C)[NH-].[CH-]=CCCCC.[CH]1[CH][C](CC[C]2[CH][CH][C]3CCCC[C]32)[C]2CCCC[C]12.[Zr+4]. The number of rotatable bonds is 6. The van der Waals surface area contributed by atoms with Crippen LogP contribution in [0.3, 0.4) is 0 Å². The third-order valence-corrected chi connectivity index (χ3v) is 6.16. The molecule has 0 aromatic rings. The summed E-state index contributed by atoms with van der Waals surface area (Å²) in [6, 6.07) is 0. The number of hydrogen-bond donors (Lipinski definition) is 0. The Kier molecular flexibility index (Phi) is 15.6. The van der Waals surface area contributed by atoms with Gasteiger partial charge in [-0.25, -0.2) is 0 Å². The first kappa shape index (κ1) is 30.6. The van der Waals surface area contributed by atoms with Gasteiger partial charge in [0.15, 0.2) is 0 Å². The predicted molar refractivity (Wildman–Crippen MR) is 135 cm³/mol. The molecular formula is C30H45NZr+2. The molecule has 2 heteroatoms. The zero-order valence-electron chi connectivity index (χ0n) is 21.2. The number of unbranched alkanes of at least 4 members (excludes halogenated alkanes) is 2. The number of nitrogens with one attached hydrogen (secondary N) is 1. The van der Waals surface area contributed by atoms with Gasteiger partial charge in [-0.3, -0.25) is 6.08 Å². The van der Waals surface area contributed by atoms with Crippen molar-refractivity contribution in [2.75, 3.05) is 0 Å². The van der Waals surface area contributed by atoms with Gasteiger partial charge in [0.25, 0.3) is 0 Å². The summed E-state index contributed by atoms with van der Waals surface area (Å²) in [6.07, 6.45) is 28.3. The Labute approximate surface area is 221 Å². The van der Waals surface area contributed by atoms with Gasteiger partial charge in [-0.2, -0.15) is 0 Å². The van der Waals surface area contributed by atoms with Crippen molar-refractivity contribution in [3.05, 3.63) is 79.6 Å². The van der Waals surface area contributed by atoms with E-state index in [0.717, 1.165) is 6.42 Å². The number of allylic oxidation sites excluding steroid dienone is 1. The second kappa shape index (κ2) is 16.3. The number of fused-ring (bicyclic) bond motifs is 2. The average Bonchev–Trinajstić information content (AvgIpc) is 3.34. The fourth-order valence-electron chi connectivity index (χ4n) is 4.62. The maximum absolute atomic E-state index is 6.94. The molecule has 4 fully saturated rings. The van der Waals surface area contributed by atoms with Crippen molar-refractivity contribution in [2.45, 2.75) is 117 Å². The van der Waals surface area contributed by atoms with Gasteiger partial charge in [-0.1, -0.05) is 72.6 Å². The molecule has 0 aliphatic heterocycles. The fourth-order valence-corrected chi connectivity index (χ4v) is 4.62. The zero-order valence-corrected chi connectivity index (χ0v) is 23.6. The minimum absolute atomic E-state index is 0. The summed E-state index contributed by atoms with van der Waals surface area (Å²) in [5.41, 5.74) is 6.69. The zero-order chi connectivity index (χ0) is 22.7. The monoisotopic (exact) mass is 509 g/mol. The average molecular weight is 511 g/mol. The van der Waals surface area contributed by atoms with Gasteiger partial charge in [-0.05, 0) is 99.7 Å². The van der Waals surface area contributed by atoms with Crippen LogP contribution in [0.2, 0.25) is 0 Å². The van der Waals surface area contributed by atoms with E-state index >= 15 is 0 Å². The van der Waals surface area contributed by atoms with Gasteiger partial charge in [0.2, 0.25) is 0 Å². The summed E-state index contributed by atoms with van der Waals surface area (Å²) < 4.78 is 0. The van der Waals surface area contributed by atoms with Crippen molar-refractivity contribution in [1.29, 1.82) is 0 Å². The van der Waals surface area contributed by atoms with Crippen molar-refractivity contribution in [3.8, 4) is 0 Å². The standard InChI is InChI=1S/C20H24.C6H11.C4H10N.Zr/c1-3-7-19-15(5-1)9-11-17(19)13-14-18-12-10-16-6-2-4-8-20(16)18;1-3-5-6-4-2;1-4(2,3)5;/h9-12H,1-8,13-14H2;1,3H,4-6H2,2H3;5H,1-3H3;/q;2*-1;+4. The van der Waals surface area contributed by atoms with Crippen LogP contribution in [0.25, 0.3) is 5.73 Å². The molecule has 4 aliphatic carbocycles. The second-order valence-electron chi connectivity index (χ2n) is 10.3. The third kappa shape index (κ3) is 11.3. The maximum Gasteiger partial charge on any atom is 4.00 e. The summed E-state index contributed by atoms with van der Waals surface area (Å²) in [6.45, 7) is 12.8. The number of hydrogen-bond acceptors (Lipinski definition) is 0. The first-order valence-corrected chi connectivity index (χ1v) is 12.6. The van der Waals surface area contributed by atoms with Crippen LogP contribution >= 0.6 is 0 Å². The molecule has 32 heavy (non-hydrogen) atoms. The Hall–Kier alpha value is 0.583. The van der Waals surface area contributed by atoms with Gasteiger partial charge in [0.05, 0.1) is 0 Å². The van der Waals surface area contributed by atoms with E-state index in [1.54, 1.807) is 41.6 Å². The van der Waals surface area contributed by atoms with E-state index in [2.05, 4.69) is 32.6 Å². The topological polar surface area (TPSA) is 23.8 Å². The van der Waals surface area contributed by atoms with Gasteiger partial charge < -0.3 is 12.3 Å². The normalized spacial score (nSPS) is 23.3. The van der Waals surface area contributed by atoms with Crippen LogP contribution in [-0.4, -0.2) is 5.54 Å². The second-order valence-corrected chi connectivity index (χ2v) is 10.3. The third-order valence-electron chi connectivity index (χ3n) is 6.16. The van der Waals surface area contributed by atoms with Crippen molar-refractivity contribution >= 4 is 0 Å². The van der Waals surface area contributed by atoms with Crippen LogP contribution in [0.4, 0.5) is 0 Å². The smallest absolute Gasteiger partial charge is 0.673 e. The molecule has 1 nitrogen and oxygen atoms in total. The molecule has 0 spiro atoms. The summed E-state index contributed by atoms with van der Waals surface area (Å²) in [7, 11) is 0. The van der Waals surface area contributed by atoms with E-state index in [1.807, 2.05) is 20.8 Å². The minimum atomic E-state index is -0.250. The quantitative estimate of drug-likeness (QED) is 0.251. The van der Waals surface area contributed by atoms with E-state index in [4.69, 9.17) is 12.3 Å². The van der Waals surface area contributed by atoms with E-state index in [-0.39, 0.29) is 31.7 Å². The molecule has 0 aromatic heterocycles. The van der Waals surface area contributed by atoms with Crippen LogP contribution in [0, 0.1) is 67.8 Å². The van der Waals surface area contributed by atoms with Gasteiger partial charge in [0.1, 0.15) is 0 Å². The van der Waals surface area contributed by atoms with E-state index in [0.29, 0.717) is 0 Å². The molecule has 1 N–H and O–H groups in total. The Balaban J connectivity index is 0.000000361. The first-order chi connectivity index (χ1) is 14.8. The van der Waals surface area contributed by atoms with Crippen LogP contribution < -0.4 is 0 Å². The summed E-state index contributed by atoms with van der Waals surface area (Å²) in [5.74, 6) is 10.00. The predicted octanol–water partition coefficient (Wildman–Crippen LogP) is 9.21. The Morgan fingerprint density at radius 2 is 1.22 bits per heavy atom. The molecule has 10 radical (unpaired) electrons. The van der Waals surface area contributed by atoms with Crippen molar-refractivity contribution in [1.82, 2.24) is 0 Å². The fraction of sp³-hybridized carbons (Fsp3) is 0.600. The molecule has 0 amide bonds. The molecule has 172 valence electrons. The van der Waals surface area contributed by atoms with E-state index in [9.17, 15) is 0 Å². The molecule has 0 aromatic carbocycles. The van der Waals surface area contributed by atoms with E-state index < -0.39 is 0 Å². The molecule has 0 bridgehead atoms. The summed E-state index contributed by atoms with van der Waals surface area (Å²) in [5, 5.41) is 0. The van der Waals surface area contributed by atoms with Gasteiger partial charge in [0, 0.05) is 0 Å². The molecule has 0 atom stereocenters. The molecular weight excluding hydrogens is 466 g/mol. The van der Waals surface area contributed by atoms with Crippen LogP contribution in [-0.2, 0) is 26.2 Å². The largest absolute Gasteiger partial charge is 4.00 e. The molecule has 4 aliphatic rings. The first-order valence-electron chi connectivity index (χ1n) is 12.6. The molecule has 4 rings (SSSR count). The molecule has 0 heterocycles. The van der Waals surface area contributed by atoms with Crippen LogP contribution in [0.5, 0.6) is 0 Å². The molecule has 0 saturated heterocycles. The van der Waals surface area contributed by atoms with Crippen LogP contribution in [0.1, 0.15) is 111 Å². The van der Waals surface area contributed by atoms with Crippen molar-refractivity contribution < 1.29 is 26.2 Å². The Morgan fingerprint density at radius 3 is 1.56 bits per heavy atom. The van der Waals surface area contributed by atoms with Gasteiger partial charge >= 0.3 is 26.2 Å². The molecule has 4 saturated carbocycles. The summed E-state index contributed by atoms with van der Waals surface area (Å²) in [4.78, 5) is 0. The van der Waals surface area contributed by atoms with Crippen LogP contribution in [0.15, 0.2) is 6.08 Å². The summed E-state index contributed by atoms with van der Waals surface area (Å²) >= 11 is 0. The Bertz CT molecular complexity index is 444. The molecule has 0 unspecified atom stereocenters. The maximum atomic E-state index is 6.94. The van der Waals surface area contributed by atoms with Crippen molar-refractivity contribution in [2.24, 2.45) is 0 Å². The van der Waals surface area contributed by atoms with Crippen molar-refractivity contribution in [3.63, 3.8) is 0 Å². The Morgan fingerprint density at radius 1 is 0.812 bits per heavy atom.